The van der Waals surface area contributed by atoms with Crippen LogP contribution >= 0.6 is 0 Å². The minimum Gasteiger partial charge on any atom is -0.388 e. The van der Waals surface area contributed by atoms with Crippen LogP contribution in [0.2, 0.25) is 0 Å². The van der Waals surface area contributed by atoms with E-state index in [0.717, 1.165) is 10.4 Å². The predicted molar refractivity (Wildman–Crippen MR) is 97.5 cm³/mol. The van der Waals surface area contributed by atoms with E-state index in [1.807, 2.05) is 0 Å². The Hall–Kier alpha value is -2.71. The molecule has 0 radical (unpaired) electrons. The maximum absolute atomic E-state index is 13.6. The molecular weight excluding hydrogens is 448 g/mol. The van der Waals surface area contributed by atoms with E-state index in [9.17, 15) is 30.8 Å². The van der Waals surface area contributed by atoms with Gasteiger partial charge in [0.25, 0.3) is 16.1 Å². The van der Waals surface area contributed by atoms with Gasteiger partial charge in [0.05, 0.1) is 11.1 Å². The Balaban J connectivity index is 1.64. The van der Waals surface area contributed by atoms with E-state index in [2.05, 4.69) is 10.5 Å². The lowest BCUT2D eigenvalue weighted by atomic mass is 10.1. The average molecular weight is 466 g/mol. The van der Waals surface area contributed by atoms with Crippen molar-refractivity contribution in [2.45, 2.75) is 25.7 Å². The Morgan fingerprint density at radius 3 is 2.68 bits per heavy atom. The maximum Gasteiger partial charge on any atom is 0.419 e. The van der Waals surface area contributed by atoms with Gasteiger partial charge in [-0.25, -0.2) is 9.18 Å². The zero-order valence-corrected chi connectivity index (χ0v) is 17.2. The van der Waals surface area contributed by atoms with Crippen LogP contribution in [0.3, 0.4) is 0 Å². The molecule has 31 heavy (non-hydrogen) atoms. The zero-order valence-electron chi connectivity index (χ0n) is 16.4. The average Bonchev–Trinajstić information content (AvgIpc) is 3.07. The van der Waals surface area contributed by atoms with Crippen LogP contribution in [0.25, 0.3) is 0 Å². The summed E-state index contributed by atoms with van der Waals surface area (Å²) in [6, 6.07) is 2.25. The summed E-state index contributed by atoms with van der Waals surface area (Å²) in [5.41, 5.74) is -1.05. The molecule has 1 amide bonds. The topological polar surface area (TPSA) is 105 Å². The van der Waals surface area contributed by atoms with Gasteiger partial charge in [0.15, 0.2) is 0 Å². The summed E-state index contributed by atoms with van der Waals surface area (Å²) in [4.78, 5) is 12.0. The summed E-state index contributed by atoms with van der Waals surface area (Å²) in [5, 5.41) is 5.89. The van der Waals surface area contributed by atoms with Gasteiger partial charge in [-0.2, -0.15) is 30.2 Å². The number of amides is 1. The number of aromatic nitrogens is 1. The SMILES string of the molecule is CN(C)S(=O)(=O)N1CCc2onc(OC(=O)NCc3ccc(C(F)(F)F)c(F)c3)c2C1. The van der Waals surface area contributed by atoms with Crippen LogP contribution in [0.5, 0.6) is 5.88 Å². The lowest BCUT2D eigenvalue weighted by Crippen LogP contribution is -2.42. The second-order valence-electron chi connectivity index (χ2n) is 6.82. The molecule has 1 aromatic heterocycles. The number of ether oxygens (including phenoxy) is 1. The fourth-order valence-corrected chi connectivity index (χ4v) is 3.94. The molecule has 0 atom stereocenters. The number of nitrogens with one attached hydrogen (secondary N) is 1. The van der Waals surface area contributed by atoms with Gasteiger partial charge in [0, 0.05) is 40.2 Å². The largest absolute Gasteiger partial charge is 0.419 e. The number of carbonyl (C=O) groups is 1. The molecule has 1 N–H and O–H groups in total. The van der Waals surface area contributed by atoms with Gasteiger partial charge in [0.2, 0.25) is 0 Å². The summed E-state index contributed by atoms with van der Waals surface area (Å²) in [6.45, 7) is -0.269. The quantitative estimate of drug-likeness (QED) is 0.678. The molecule has 0 bridgehead atoms. The third-order valence-electron chi connectivity index (χ3n) is 4.51. The van der Waals surface area contributed by atoms with Crippen molar-refractivity contribution in [1.82, 2.24) is 19.1 Å². The summed E-state index contributed by atoms with van der Waals surface area (Å²) < 4.78 is 88.4. The molecule has 0 unspecified atom stereocenters. The van der Waals surface area contributed by atoms with Crippen molar-refractivity contribution >= 4 is 16.3 Å². The van der Waals surface area contributed by atoms with Crippen LogP contribution in [-0.4, -0.2) is 48.9 Å². The number of carbonyl (C=O) groups excluding carboxylic acids is 1. The van der Waals surface area contributed by atoms with E-state index in [4.69, 9.17) is 9.26 Å². The third kappa shape index (κ3) is 4.97. The monoisotopic (exact) mass is 466 g/mol. The first-order chi connectivity index (χ1) is 14.4. The molecule has 0 aliphatic carbocycles. The molecular formula is C17H18F4N4O5S. The molecule has 1 aliphatic heterocycles. The van der Waals surface area contributed by atoms with Crippen LogP contribution in [0, 0.1) is 5.82 Å². The van der Waals surface area contributed by atoms with Crippen molar-refractivity contribution < 1.29 is 40.0 Å². The molecule has 0 fully saturated rings. The Kier molecular flexibility index (Phi) is 6.25. The molecule has 14 heteroatoms. The number of fused-ring (bicyclic) bond motifs is 1. The summed E-state index contributed by atoms with van der Waals surface area (Å²) in [6.07, 6.45) is -5.62. The minimum atomic E-state index is -4.82. The zero-order chi connectivity index (χ0) is 23.0. The maximum atomic E-state index is 13.6. The number of nitrogens with zero attached hydrogens (tertiary/aromatic N) is 3. The summed E-state index contributed by atoms with van der Waals surface area (Å²) >= 11 is 0. The standard InChI is InChI=1S/C17H18F4N4O5S/c1-24(2)31(27,28)25-6-5-14-11(9-25)15(23-30-14)29-16(26)22-8-10-3-4-12(13(18)7-10)17(19,20)21/h3-4,7H,5-6,8-9H2,1-2H3,(H,22,26). The van der Waals surface area contributed by atoms with Crippen molar-refractivity contribution in [2.24, 2.45) is 0 Å². The highest BCUT2D eigenvalue weighted by atomic mass is 32.2. The smallest absolute Gasteiger partial charge is 0.388 e. The Morgan fingerprint density at radius 1 is 1.35 bits per heavy atom. The first kappa shape index (κ1) is 23.0. The van der Waals surface area contributed by atoms with Crippen LogP contribution < -0.4 is 10.1 Å². The van der Waals surface area contributed by atoms with E-state index in [1.54, 1.807) is 0 Å². The molecule has 0 saturated carbocycles. The molecule has 9 nitrogen and oxygen atoms in total. The number of hydrogen-bond donors (Lipinski definition) is 1. The number of benzene rings is 1. The van der Waals surface area contributed by atoms with E-state index >= 15 is 0 Å². The lowest BCUT2D eigenvalue weighted by molar-refractivity contribution is -0.140. The van der Waals surface area contributed by atoms with Crippen LogP contribution in [0.1, 0.15) is 22.5 Å². The van der Waals surface area contributed by atoms with Gasteiger partial charge in [-0.15, -0.1) is 0 Å². The van der Waals surface area contributed by atoms with Gasteiger partial charge in [-0.3, -0.25) is 0 Å². The predicted octanol–water partition coefficient (Wildman–Crippen LogP) is 2.29. The second kappa shape index (κ2) is 8.43. The molecule has 170 valence electrons. The molecule has 2 heterocycles. The molecule has 0 spiro atoms. The number of halogens is 4. The van der Waals surface area contributed by atoms with Crippen LogP contribution in [0.15, 0.2) is 22.7 Å². The number of hydrogen-bond acceptors (Lipinski definition) is 6. The third-order valence-corrected chi connectivity index (χ3v) is 6.40. The van der Waals surface area contributed by atoms with E-state index in [-0.39, 0.29) is 43.1 Å². The van der Waals surface area contributed by atoms with Gasteiger partial charge in [0.1, 0.15) is 11.6 Å². The van der Waals surface area contributed by atoms with Crippen molar-refractivity contribution in [3.8, 4) is 5.88 Å². The first-order valence-electron chi connectivity index (χ1n) is 8.86. The fourth-order valence-electron chi connectivity index (χ4n) is 2.86. The minimum absolute atomic E-state index is 0.0767. The van der Waals surface area contributed by atoms with Gasteiger partial charge in [-0.1, -0.05) is 6.07 Å². The Morgan fingerprint density at radius 2 is 2.06 bits per heavy atom. The molecule has 1 aromatic carbocycles. The molecule has 1 aliphatic rings. The van der Waals surface area contributed by atoms with Crippen molar-refractivity contribution in [1.29, 1.82) is 0 Å². The highest BCUT2D eigenvalue weighted by Crippen LogP contribution is 2.32. The highest BCUT2D eigenvalue weighted by molar-refractivity contribution is 7.86. The number of alkyl halides is 3. The molecule has 0 saturated heterocycles. The number of rotatable bonds is 5. The van der Waals surface area contributed by atoms with Gasteiger partial charge < -0.3 is 14.6 Å². The van der Waals surface area contributed by atoms with Gasteiger partial charge in [-0.05, 0) is 22.9 Å². The summed E-state index contributed by atoms with van der Waals surface area (Å²) in [7, 11) is -0.940. The highest BCUT2D eigenvalue weighted by Gasteiger charge is 2.35. The van der Waals surface area contributed by atoms with Crippen molar-refractivity contribution in [3.05, 3.63) is 46.5 Å². The van der Waals surface area contributed by atoms with Crippen molar-refractivity contribution in [3.63, 3.8) is 0 Å². The van der Waals surface area contributed by atoms with E-state index in [0.29, 0.717) is 17.9 Å². The fraction of sp³-hybridized carbons (Fsp3) is 0.412. The second-order valence-corrected chi connectivity index (χ2v) is 8.96. The molecule has 2 aromatic rings. The van der Waals surface area contributed by atoms with Crippen LogP contribution in [0.4, 0.5) is 22.4 Å². The Labute approximate surface area is 174 Å². The van der Waals surface area contributed by atoms with Crippen LogP contribution in [-0.2, 0) is 35.9 Å². The van der Waals surface area contributed by atoms with Gasteiger partial charge >= 0.3 is 12.3 Å². The Bertz CT molecular complexity index is 1080. The lowest BCUT2D eigenvalue weighted by Gasteiger charge is -2.27. The normalized spacial score (nSPS) is 15.1. The van der Waals surface area contributed by atoms with E-state index in [1.165, 1.54) is 18.4 Å². The first-order valence-corrected chi connectivity index (χ1v) is 10.3. The van der Waals surface area contributed by atoms with Crippen molar-refractivity contribution in [2.75, 3.05) is 20.6 Å². The van der Waals surface area contributed by atoms with E-state index < -0.39 is 33.9 Å². The summed E-state index contributed by atoms with van der Waals surface area (Å²) in [5.74, 6) is -1.32. The molecule has 3 rings (SSSR count).